The lowest BCUT2D eigenvalue weighted by atomic mass is 10.3. The van der Waals surface area contributed by atoms with Crippen LogP contribution in [0.5, 0.6) is 0 Å². The smallest absolute Gasteiger partial charge is 0.233 e. The van der Waals surface area contributed by atoms with Gasteiger partial charge in [-0.2, -0.15) is 0 Å². The van der Waals surface area contributed by atoms with Gasteiger partial charge in [0.25, 0.3) is 0 Å². The van der Waals surface area contributed by atoms with E-state index in [9.17, 15) is 4.79 Å². The Bertz CT molecular complexity index is 407. The number of nitrogens with zero attached hydrogens (tertiary/aromatic N) is 3. The highest BCUT2D eigenvalue weighted by Gasteiger charge is 2.18. The van der Waals surface area contributed by atoms with Crippen molar-refractivity contribution in [3.8, 4) is 0 Å². The number of rotatable bonds is 8. The number of unbranched alkanes of at least 4 members (excludes halogenated alkanes) is 1. The first-order chi connectivity index (χ1) is 9.10. The zero-order valence-electron chi connectivity index (χ0n) is 11.8. The molecule has 0 saturated heterocycles. The third kappa shape index (κ3) is 4.83. The third-order valence-corrected chi connectivity index (χ3v) is 3.82. The largest absolute Gasteiger partial charge is 0.355 e. The fourth-order valence-corrected chi connectivity index (χ4v) is 2.52. The van der Waals surface area contributed by atoms with E-state index in [1.54, 1.807) is 0 Å². The van der Waals surface area contributed by atoms with Crippen LogP contribution in [0.2, 0.25) is 0 Å². The van der Waals surface area contributed by atoms with Gasteiger partial charge in [0.15, 0.2) is 5.16 Å². The van der Waals surface area contributed by atoms with Crippen LogP contribution >= 0.6 is 11.8 Å². The third-order valence-electron chi connectivity index (χ3n) is 2.74. The highest BCUT2D eigenvalue weighted by atomic mass is 32.2. The maximum Gasteiger partial charge on any atom is 0.233 e. The summed E-state index contributed by atoms with van der Waals surface area (Å²) in [6, 6.07) is 0. The van der Waals surface area contributed by atoms with E-state index in [0.717, 1.165) is 30.4 Å². The summed E-state index contributed by atoms with van der Waals surface area (Å²) in [5.41, 5.74) is 5.56. The molecule has 108 valence electrons. The van der Waals surface area contributed by atoms with E-state index in [4.69, 9.17) is 5.73 Å². The van der Waals surface area contributed by atoms with Crippen LogP contribution in [-0.4, -0.2) is 39.0 Å². The first-order valence-electron chi connectivity index (χ1n) is 6.64. The van der Waals surface area contributed by atoms with E-state index < -0.39 is 0 Å². The summed E-state index contributed by atoms with van der Waals surface area (Å²) < 4.78 is 1.94. The van der Waals surface area contributed by atoms with Crippen LogP contribution in [-0.2, 0) is 11.3 Å². The molecule has 1 rings (SSSR count). The Kier molecular flexibility index (Phi) is 6.86. The Morgan fingerprint density at radius 3 is 2.89 bits per heavy atom. The molecule has 6 nitrogen and oxygen atoms in total. The Morgan fingerprint density at radius 2 is 2.26 bits per heavy atom. The predicted octanol–water partition coefficient (Wildman–Crippen LogP) is 0.942. The molecule has 0 fully saturated rings. The van der Waals surface area contributed by atoms with Gasteiger partial charge in [-0.05, 0) is 20.3 Å². The minimum Gasteiger partial charge on any atom is -0.355 e. The van der Waals surface area contributed by atoms with Crippen LogP contribution in [0.25, 0.3) is 0 Å². The van der Waals surface area contributed by atoms with Gasteiger partial charge in [0.1, 0.15) is 5.82 Å². The predicted molar refractivity (Wildman–Crippen MR) is 77.1 cm³/mol. The molecule has 1 aromatic rings. The van der Waals surface area contributed by atoms with Gasteiger partial charge in [0.2, 0.25) is 5.91 Å². The molecule has 0 radical (unpaired) electrons. The van der Waals surface area contributed by atoms with Crippen molar-refractivity contribution in [1.29, 1.82) is 0 Å². The van der Waals surface area contributed by atoms with Crippen molar-refractivity contribution in [2.45, 2.75) is 50.6 Å². The zero-order chi connectivity index (χ0) is 14.3. The van der Waals surface area contributed by atoms with Gasteiger partial charge < -0.3 is 15.6 Å². The van der Waals surface area contributed by atoms with Crippen LogP contribution in [0.1, 0.15) is 32.5 Å². The molecule has 7 heteroatoms. The Balaban J connectivity index is 2.56. The van der Waals surface area contributed by atoms with Gasteiger partial charge in [-0.3, -0.25) is 4.79 Å². The van der Waals surface area contributed by atoms with Crippen LogP contribution in [0.15, 0.2) is 5.16 Å². The van der Waals surface area contributed by atoms with Gasteiger partial charge in [-0.15, -0.1) is 10.2 Å². The molecule has 0 aliphatic carbocycles. The van der Waals surface area contributed by atoms with Crippen LogP contribution in [0, 0.1) is 6.92 Å². The van der Waals surface area contributed by atoms with E-state index in [-0.39, 0.29) is 11.2 Å². The fourth-order valence-electron chi connectivity index (χ4n) is 1.58. The first kappa shape index (κ1) is 16.0. The molecular formula is C12H23N5OS. The van der Waals surface area contributed by atoms with Crippen LogP contribution in [0.4, 0.5) is 0 Å². The minimum absolute atomic E-state index is 0.0402. The van der Waals surface area contributed by atoms with Crippen molar-refractivity contribution >= 4 is 17.7 Å². The number of hydrogen-bond donors (Lipinski definition) is 2. The van der Waals surface area contributed by atoms with Crippen LogP contribution in [0.3, 0.4) is 0 Å². The second kappa shape index (κ2) is 8.16. The molecule has 1 aromatic heterocycles. The maximum atomic E-state index is 11.9. The van der Waals surface area contributed by atoms with Gasteiger partial charge in [-0.25, -0.2) is 0 Å². The first-order valence-corrected chi connectivity index (χ1v) is 7.52. The topological polar surface area (TPSA) is 85.8 Å². The lowest BCUT2D eigenvalue weighted by molar-refractivity contribution is -0.120. The standard InChI is InChI=1S/C12H23N5OS/c1-4-5-7-14-11(18)9(2)19-12-16-15-10(3)17(12)8-6-13/h9H,4-8,13H2,1-3H3,(H,14,18). The molecule has 1 heterocycles. The number of carbonyl (C=O) groups is 1. The van der Waals surface area contributed by atoms with Crippen molar-refractivity contribution < 1.29 is 4.79 Å². The molecule has 3 N–H and O–H groups in total. The molecule has 1 amide bonds. The highest BCUT2D eigenvalue weighted by molar-refractivity contribution is 8.00. The lowest BCUT2D eigenvalue weighted by Crippen LogP contribution is -2.31. The Morgan fingerprint density at radius 1 is 1.53 bits per heavy atom. The van der Waals surface area contributed by atoms with E-state index in [1.807, 2.05) is 18.4 Å². The second-order valence-corrected chi connectivity index (χ2v) is 5.68. The van der Waals surface area contributed by atoms with E-state index >= 15 is 0 Å². The number of carbonyl (C=O) groups excluding carboxylic acids is 1. The molecule has 0 saturated carbocycles. The summed E-state index contributed by atoms with van der Waals surface area (Å²) in [5, 5.41) is 11.6. The zero-order valence-corrected chi connectivity index (χ0v) is 12.7. The van der Waals surface area contributed by atoms with Crippen LogP contribution < -0.4 is 11.1 Å². The maximum absolute atomic E-state index is 11.9. The number of nitrogens with two attached hydrogens (primary N) is 1. The molecule has 1 atom stereocenters. The molecule has 0 aromatic carbocycles. The summed E-state index contributed by atoms with van der Waals surface area (Å²) in [6.45, 7) is 7.80. The van der Waals surface area contributed by atoms with Crippen molar-refractivity contribution in [2.24, 2.45) is 5.73 Å². The number of aromatic nitrogens is 3. The molecule has 0 bridgehead atoms. The van der Waals surface area contributed by atoms with Gasteiger partial charge in [0, 0.05) is 19.6 Å². The molecule has 0 aliphatic heterocycles. The van der Waals surface area contributed by atoms with E-state index in [1.165, 1.54) is 11.8 Å². The normalized spacial score (nSPS) is 12.4. The van der Waals surface area contributed by atoms with Crippen molar-refractivity contribution in [3.05, 3.63) is 5.82 Å². The SMILES string of the molecule is CCCCNC(=O)C(C)Sc1nnc(C)n1CCN. The second-order valence-electron chi connectivity index (χ2n) is 4.37. The van der Waals surface area contributed by atoms with Gasteiger partial charge in [-0.1, -0.05) is 25.1 Å². The van der Waals surface area contributed by atoms with Crippen molar-refractivity contribution in [3.63, 3.8) is 0 Å². The monoisotopic (exact) mass is 285 g/mol. The summed E-state index contributed by atoms with van der Waals surface area (Å²) in [5.74, 6) is 0.866. The van der Waals surface area contributed by atoms with Gasteiger partial charge >= 0.3 is 0 Å². The molecular weight excluding hydrogens is 262 g/mol. The van der Waals surface area contributed by atoms with E-state index in [0.29, 0.717) is 13.1 Å². The summed E-state index contributed by atoms with van der Waals surface area (Å²) in [4.78, 5) is 11.9. The number of aryl methyl sites for hydroxylation is 1. The summed E-state index contributed by atoms with van der Waals surface area (Å²) in [6.07, 6.45) is 2.08. The van der Waals surface area contributed by atoms with Crippen molar-refractivity contribution in [1.82, 2.24) is 20.1 Å². The fraction of sp³-hybridized carbons (Fsp3) is 0.750. The number of thioether (sulfide) groups is 1. The quantitative estimate of drug-likeness (QED) is 0.548. The summed E-state index contributed by atoms with van der Waals surface area (Å²) >= 11 is 1.42. The number of hydrogen-bond acceptors (Lipinski definition) is 5. The molecule has 19 heavy (non-hydrogen) atoms. The average molecular weight is 285 g/mol. The van der Waals surface area contributed by atoms with Gasteiger partial charge in [0.05, 0.1) is 5.25 Å². The Hall–Kier alpha value is -1.08. The number of nitrogens with one attached hydrogen (secondary N) is 1. The van der Waals surface area contributed by atoms with Crippen molar-refractivity contribution in [2.75, 3.05) is 13.1 Å². The molecule has 1 unspecified atom stereocenters. The molecule has 0 aliphatic rings. The minimum atomic E-state index is -0.183. The highest BCUT2D eigenvalue weighted by Crippen LogP contribution is 2.22. The number of amides is 1. The Labute approximate surface area is 118 Å². The summed E-state index contributed by atoms with van der Waals surface area (Å²) in [7, 11) is 0. The lowest BCUT2D eigenvalue weighted by Gasteiger charge is -2.12. The molecule has 0 spiro atoms. The average Bonchev–Trinajstić information content (AvgIpc) is 2.72. The van der Waals surface area contributed by atoms with E-state index in [2.05, 4.69) is 22.4 Å².